The summed E-state index contributed by atoms with van der Waals surface area (Å²) in [5.74, 6) is 1.30. The van der Waals surface area contributed by atoms with Gasteiger partial charge in [-0.25, -0.2) is 4.98 Å². The Morgan fingerprint density at radius 1 is 1.20 bits per heavy atom. The van der Waals surface area contributed by atoms with E-state index in [2.05, 4.69) is 37.9 Å². The fourth-order valence-electron chi connectivity index (χ4n) is 1.87. The van der Waals surface area contributed by atoms with E-state index in [1.54, 1.807) is 12.3 Å². The van der Waals surface area contributed by atoms with Crippen molar-refractivity contribution in [2.24, 2.45) is 0 Å². The van der Waals surface area contributed by atoms with E-state index in [0.717, 1.165) is 17.7 Å². The normalized spacial score (nSPS) is 11.4. The molecule has 3 nitrogen and oxygen atoms in total. The number of nitrogen functional groups attached to an aromatic ring is 1. The number of ether oxygens (including phenoxy) is 1. The van der Waals surface area contributed by atoms with Crippen LogP contribution in [0.4, 0.5) is 5.69 Å². The Labute approximate surface area is 120 Å². The van der Waals surface area contributed by atoms with Crippen LogP contribution >= 0.6 is 0 Å². The smallest absolute Gasteiger partial charge is 0.221 e. The minimum Gasteiger partial charge on any atom is -0.439 e. The van der Waals surface area contributed by atoms with Crippen molar-refractivity contribution < 1.29 is 4.74 Å². The molecule has 2 aromatic rings. The van der Waals surface area contributed by atoms with Gasteiger partial charge in [-0.05, 0) is 42.0 Å². The topological polar surface area (TPSA) is 48.1 Å². The van der Waals surface area contributed by atoms with E-state index in [-0.39, 0.29) is 5.41 Å². The highest BCUT2D eigenvalue weighted by atomic mass is 16.5. The van der Waals surface area contributed by atoms with E-state index in [4.69, 9.17) is 10.5 Å². The monoisotopic (exact) mass is 270 g/mol. The minimum atomic E-state index is 0.186. The molecule has 3 heteroatoms. The Morgan fingerprint density at radius 3 is 2.40 bits per heavy atom. The number of pyridine rings is 1. The molecule has 0 saturated carbocycles. The van der Waals surface area contributed by atoms with Gasteiger partial charge in [0.25, 0.3) is 0 Å². The van der Waals surface area contributed by atoms with Crippen LogP contribution in [0.15, 0.2) is 36.5 Å². The molecule has 0 bridgehead atoms. The summed E-state index contributed by atoms with van der Waals surface area (Å²) in [4.78, 5) is 4.22. The zero-order chi connectivity index (χ0) is 14.8. The third-order valence-corrected chi connectivity index (χ3v) is 3.86. The highest BCUT2D eigenvalue weighted by Crippen LogP contribution is 2.29. The van der Waals surface area contributed by atoms with E-state index >= 15 is 0 Å². The third-order valence-electron chi connectivity index (χ3n) is 3.86. The predicted octanol–water partition coefficient (Wildman–Crippen LogP) is 4.45. The van der Waals surface area contributed by atoms with Gasteiger partial charge >= 0.3 is 0 Å². The third kappa shape index (κ3) is 3.10. The van der Waals surface area contributed by atoms with Crippen molar-refractivity contribution in [2.75, 3.05) is 5.73 Å². The minimum absolute atomic E-state index is 0.186. The van der Waals surface area contributed by atoms with Crippen molar-refractivity contribution in [1.29, 1.82) is 0 Å². The number of nitrogens with two attached hydrogens (primary N) is 1. The molecule has 1 heterocycles. The molecule has 2 N–H and O–H groups in total. The average Bonchev–Trinajstić information content (AvgIpc) is 2.43. The van der Waals surface area contributed by atoms with Gasteiger partial charge in [0.2, 0.25) is 5.88 Å². The van der Waals surface area contributed by atoms with Gasteiger partial charge in [0, 0.05) is 18.0 Å². The van der Waals surface area contributed by atoms with Crippen LogP contribution in [0.1, 0.15) is 38.3 Å². The van der Waals surface area contributed by atoms with Crippen LogP contribution in [-0.2, 0) is 5.41 Å². The summed E-state index contributed by atoms with van der Waals surface area (Å²) >= 11 is 0. The number of nitrogens with zero attached hydrogens (tertiary/aromatic N) is 1. The van der Waals surface area contributed by atoms with E-state index in [1.807, 2.05) is 19.1 Å². The molecule has 2 rings (SSSR count). The van der Waals surface area contributed by atoms with Gasteiger partial charge in [-0.2, -0.15) is 0 Å². The van der Waals surface area contributed by atoms with Crippen LogP contribution in [0.3, 0.4) is 0 Å². The number of aromatic nitrogens is 1. The second kappa shape index (κ2) is 5.53. The molecule has 0 spiro atoms. The Hall–Kier alpha value is -2.03. The van der Waals surface area contributed by atoms with Crippen LogP contribution in [0.5, 0.6) is 11.6 Å². The van der Waals surface area contributed by atoms with Gasteiger partial charge in [0.05, 0.1) is 0 Å². The zero-order valence-electron chi connectivity index (χ0n) is 12.6. The molecular weight excluding hydrogens is 248 g/mol. The van der Waals surface area contributed by atoms with Crippen LogP contribution in [-0.4, -0.2) is 4.98 Å². The maximum atomic E-state index is 5.85. The second-order valence-corrected chi connectivity index (χ2v) is 5.74. The lowest BCUT2D eigenvalue weighted by atomic mass is 9.82. The fourth-order valence-corrected chi connectivity index (χ4v) is 1.87. The van der Waals surface area contributed by atoms with Crippen LogP contribution < -0.4 is 10.5 Å². The number of benzene rings is 1. The standard InChI is InChI=1S/C17H22N2O/c1-5-17(3,4)13-6-8-14(9-7-13)20-16-10-15(18)12(2)11-19-16/h6-11H,5H2,1-4H3,(H2,18,19). The lowest BCUT2D eigenvalue weighted by Gasteiger charge is -2.23. The summed E-state index contributed by atoms with van der Waals surface area (Å²) in [6, 6.07) is 9.92. The number of anilines is 1. The summed E-state index contributed by atoms with van der Waals surface area (Å²) in [6.45, 7) is 8.60. The number of hydrogen-bond acceptors (Lipinski definition) is 3. The van der Waals surface area contributed by atoms with E-state index in [0.29, 0.717) is 11.6 Å². The molecule has 0 radical (unpaired) electrons. The lowest BCUT2D eigenvalue weighted by molar-refractivity contribution is 0.460. The van der Waals surface area contributed by atoms with Crippen molar-refractivity contribution >= 4 is 5.69 Å². The molecule has 0 aliphatic heterocycles. The first-order chi connectivity index (χ1) is 9.42. The van der Waals surface area contributed by atoms with Crippen LogP contribution in [0.2, 0.25) is 0 Å². The van der Waals surface area contributed by atoms with Crippen molar-refractivity contribution in [1.82, 2.24) is 4.98 Å². The Kier molecular flexibility index (Phi) is 3.98. The maximum absolute atomic E-state index is 5.85. The molecular formula is C17H22N2O. The number of aryl methyl sites for hydroxylation is 1. The van der Waals surface area contributed by atoms with Gasteiger partial charge in [-0.15, -0.1) is 0 Å². The first kappa shape index (κ1) is 14.4. The summed E-state index contributed by atoms with van der Waals surface area (Å²) < 4.78 is 5.72. The van der Waals surface area contributed by atoms with E-state index in [1.165, 1.54) is 5.56 Å². The first-order valence-corrected chi connectivity index (χ1v) is 6.93. The molecule has 0 fully saturated rings. The molecule has 0 amide bonds. The summed E-state index contributed by atoms with van der Waals surface area (Å²) in [5, 5.41) is 0. The fraction of sp³-hybridized carbons (Fsp3) is 0.353. The number of hydrogen-bond donors (Lipinski definition) is 1. The molecule has 0 unspecified atom stereocenters. The van der Waals surface area contributed by atoms with Gasteiger partial charge in [-0.1, -0.05) is 32.9 Å². The molecule has 0 saturated heterocycles. The quantitative estimate of drug-likeness (QED) is 0.892. The van der Waals surface area contributed by atoms with Gasteiger partial charge in [-0.3, -0.25) is 0 Å². The van der Waals surface area contributed by atoms with Gasteiger partial charge in [0.1, 0.15) is 5.75 Å². The molecule has 1 aromatic heterocycles. The van der Waals surface area contributed by atoms with Crippen LogP contribution in [0, 0.1) is 6.92 Å². The Bertz CT molecular complexity index is 588. The van der Waals surface area contributed by atoms with E-state index in [9.17, 15) is 0 Å². The lowest BCUT2D eigenvalue weighted by Crippen LogP contribution is -2.14. The van der Waals surface area contributed by atoms with Crippen molar-refractivity contribution in [3.8, 4) is 11.6 Å². The van der Waals surface area contributed by atoms with Crippen molar-refractivity contribution in [2.45, 2.75) is 39.5 Å². The summed E-state index contributed by atoms with van der Waals surface area (Å²) in [7, 11) is 0. The largest absolute Gasteiger partial charge is 0.439 e. The van der Waals surface area contributed by atoms with Crippen LogP contribution in [0.25, 0.3) is 0 Å². The Morgan fingerprint density at radius 2 is 1.85 bits per heavy atom. The maximum Gasteiger partial charge on any atom is 0.221 e. The molecule has 106 valence electrons. The molecule has 20 heavy (non-hydrogen) atoms. The number of rotatable bonds is 4. The van der Waals surface area contributed by atoms with Gasteiger partial charge in [0.15, 0.2) is 0 Å². The molecule has 0 atom stereocenters. The summed E-state index contributed by atoms with van der Waals surface area (Å²) in [6.07, 6.45) is 2.82. The first-order valence-electron chi connectivity index (χ1n) is 6.93. The average molecular weight is 270 g/mol. The van der Waals surface area contributed by atoms with Crippen molar-refractivity contribution in [3.63, 3.8) is 0 Å². The summed E-state index contributed by atoms with van der Waals surface area (Å²) in [5.41, 5.74) is 9.00. The predicted molar refractivity (Wildman–Crippen MR) is 83.2 cm³/mol. The van der Waals surface area contributed by atoms with Gasteiger partial charge < -0.3 is 10.5 Å². The molecule has 0 aliphatic carbocycles. The highest BCUT2D eigenvalue weighted by Gasteiger charge is 2.17. The SMILES string of the molecule is CCC(C)(C)c1ccc(Oc2cc(N)c(C)cn2)cc1. The van der Waals surface area contributed by atoms with Crippen molar-refractivity contribution in [3.05, 3.63) is 47.7 Å². The molecule has 0 aliphatic rings. The van der Waals surface area contributed by atoms with E-state index < -0.39 is 0 Å². The molecule has 1 aromatic carbocycles. The zero-order valence-corrected chi connectivity index (χ0v) is 12.6. The second-order valence-electron chi connectivity index (χ2n) is 5.74. The Balaban J connectivity index is 2.16. The highest BCUT2D eigenvalue weighted by molar-refractivity contribution is 5.48.